The molecule has 1 saturated heterocycles. The topological polar surface area (TPSA) is 101 Å². The first-order valence-electron chi connectivity index (χ1n) is 7.34. The van der Waals surface area contributed by atoms with Crippen LogP contribution >= 0.6 is 0 Å². The number of nitro benzene ring substituents is 1. The Morgan fingerprint density at radius 2 is 1.73 bits per heavy atom. The third kappa shape index (κ3) is 1.56. The summed E-state index contributed by atoms with van der Waals surface area (Å²) in [6.45, 7) is 0. The number of anilines is 1. The van der Waals surface area contributed by atoms with Crippen LogP contribution in [0.25, 0.3) is 0 Å². The molecule has 4 rings (SSSR count). The normalized spacial score (nSPS) is 32.6. The van der Waals surface area contributed by atoms with Gasteiger partial charge in [-0.1, -0.05) is 0 Å². The Morgan fingerprint density at radius 1 is 1.14 bits per heavy atom. The van der Waals surface area contributed by atoms with Crippen molar-refractivity contribution in [2.45, 2.75) is 19.3 Å². The monoisotopic (exact) mass is 302 g/mol. The maximum atomic E-state index is 12.6. The van der Waals surface area contributed by atoms with E-state index in [1.54, 1.807) is 0 Å². The Labute approximate surface area is 125 Å². The lowest BCUT2D eigenvalue weighted by atomic mass is 9.81. The molecular formula is C15H14N2O5. The predicted molar refractivity (Wildman–Crippen MR) is 75.1 cm³/mol. The average Bonchev–Trinajstić information content (AvgIpc) is 3.14. The van der Waals surface area contributed by atoms with Gasteiger partial charge in [-0.15, -0.1) is 0 Å². The highest BCUT2D eigenvalue weighted by Gasteiger charge is 2.61. The lowest BCUT2D eigenvalue weighted by Crippen LogP contribution is -2.32. The van der Waals surface area contributed by atoms with E-state index in [1.807, 2.05) is 0 Å². The van der Waals surface area contributed by atoms with Crippen LogP contribution in [-0.4, -0.2) is 21.8 Å². The number of non-ortho nitro benzene ring substituents is 1. The molecule has 1 aliphatic heterocycles. The molecular weight excluding hydrogens is 288 g/mol. The van der Waals surface area contributed by atoms with Crippen LogP contribution in [0.2, 0.25) is 0 Å². The largest absolute Gasteiger partial charge is 0.505 e. The Kier molecular flexibility index (Phi) is 2.58. The molecule has 0 spiro atoms. The number of carbonyl (C=O) groups excluding carboxylic acids is 2. The second-order valence-electron chi connectivity index (χ2n) is 6.33. The molecule has 1 N–H and O–H groups in total. The maximum absolute atomic E-state index is 12.6. The van der Waals surface area contributed by atoms with Crippen LogP contribution in [0, 0.1) is 33.8 Å². The number of imide groups is 1. The summed E-state index contributed by atoms with van der Waals surface area (Å²) in [7, 11) is 0. The van der Waals surface area contributed by atoms with Crippen LogP contribution in [0.1, 0.15) is 19.3 Å². The Morgan fingerprint density at radius 3 is 2.23 bits per heavy atom. The molecule has 0 aromatic heterocycles. The van der Waals surface area contributed by atoms with E-state index in [-0.39, 0.29) is 46.9 Å². The highest BCUT2D eigenvalue weighted by atomic mass is 16.6. The number of carbonyl (C=O) groups is 2. The zero-order valence-electron chi connectivity index (χ0n) is 11.6. The average molecular weight is 302 g/mol. The van der Waals surface area contributed by atoms with Crippen LogP contribution in [-0.2, 0) is 9.59 Å². The molecule has 0 unspecified atom stereocenters. The van der Waals surface area contributed by atoms with Crippen LogP contribution in [0.4, 0.5) is 11.4 Å². The predicted octanol–water partition coefficient (Wildman–Crippen LogP) is 1.84. The number of nitrogens with zero attached hydrogens (tertiary/aromatic N) is 2. The van der Waals surface area contributed by atoms with Gasteiger partial charge in [0, 0.05) is 6.07 Å². The van der Waals surface area contributed by atoms with Gasteiger partial charge in [0.2, 0.25) is 11.8 Å². The SMILES string of the molecule is O=C1[C@H]2[C@@H]3CC[C@@H](C3)[C@@H]2C(=O)N1c1ccc([N+](=O)[O-])cc1O. The number of aromatic hydroxyl groups is 1. The van der Waals surface area contributed by atoms with Gasteiger partial charge in [-0.25, -0.2) is 4.90 Å². The van der Waals surface area contributed by atoms with Crippen molar-refractivity contribution in [1.82, 2.24) is 0 Å². The molecule has 114 valence electrons. The molecule has 3 fully saturated rings. The van der Waals surface area contributed by atoms with Crippen molar-refractivity contribution in [3.63, 3.8) is 0 Å². The van der Waals surface area contributed by atoms with Crippen LogP contribution < -0.4 is 4.90 Å². The molecule has 1 aromatic rings. The highest BCUT2D eigenvalue weighted by Crippen LogP contribution is 2.57. The number of rotatable bonds is 2. The molecule has 22 heavy (non-hydrogen) atoms. The van der Waals surface area contributed by atoms with Gasteiger partial charge in [-0.05, 0) is 37.2 Å². The summed E-state index contributed by atoms with van der Waals surface area (Å²) in [6, 6.07) is 3.43. The molecule has 1 aromatic carbocycles. The van der Waals surface area contributed by atoms with Crippen molar-refractivity contribution in [2.24, 2.45) is 23.7 Å². The minimum atomic E-state index is -0.633. The van der Waals surface area contributed by atoms with Gasteiger partial charge in [0.05, 0.1) is 28.5 Å². The second-order valence-corrected chi connectivity index (χ2v) is 6.33. The third-order valence-electron chi connectivity index (χ3n) is 5.34. The molecule has 2 amide bonds. The van der Waals surface area contributed by atoms with Crippen molar-refractivity contribution >= 4 is 23.2 Å². The second kappa shape index (κ2) is 4.28. The zero-order chi connectivity index (χ0) is 15.6. The summed E-state index contributed by atoms with van der Waals surface area (Å²) in [5, 5.41) is 20.7. The van der Waals surface area contributed by atoms with E-state index in [2.05, 4.69) is 0 Å². The molecule has 2 saturated carbocycles. The minimum Gasteiger partial charge on any atom is -0.505 e. The number of hydrogen-bond acceptors (Lipinski definition) is 5. The first-order chi connectivity index (χ1) is 10.5. The lowest BCUT2D eigenvalue weighted by Gasteiger charge is -2.19. The molecule has 1 heterocycles. The summed E-state index contributed by atoms with van der Waals surface area (Å²) < 4.78 is 0. The van der Waals surface area contributed by atoms with Crippen molar-refractivity contribution in [3.05, 3.63) is 28.3 Å². The number of nitro groups is 1. The van der Waals surface area contributed by atoms with Crippen LogP contribution in [0.3, 0.4) is 0 Å². The van der Waals surface area contributed by atoms with Gasteiger partial charge in [-0.3, -0.25) is 19.7 Å². The highest BCUT2D eigenvalue weighted by molar-refractivity contribution is 6.23. The maximum Gasteiger partial charge on any atom is 0.273 e. The summed E-state index contributed by atoms with van der Waals surface area (Å²) in [4.78, 5) is 36.3. The van der Waals surface area contributed by atoms with E-state index in [0.29, 0.717) is 0 Å². The fourth-order valence-electron chi connectivity index (χ4n) is 4.46. The van der Waals surface area contributed by atoms with Crippen molar-refractivity contribution in [2.75, 3.05) is 4.90 Å². The van der Waals surface area contributed by atoms with Gasteiger partial charge in [-0.2, -0.15) is 0 Å². The lowest BCUT2D eigenvalue weighted by molar-refractivity contribution is -0.384. The number of phenolic OH excluding ortho intramolecular Hbond substituents is 1. The number of phenols is 1. The molecule has 7 heteroatoms. The van der Waals surface area contributed by atoms with Crippen LogP contribution in [0.15, 0.2) is 18.2 Å². The number of hydrogen-bond donors (Lipinski definition) is 1. The van der Waals surface area contributed by atoms with Gasteiger partial charge >= 0.3 is 0 Å². The third-order valence-corrected chi connectivity index (χ3v) is 5.34. The number of amides is 2. The quantitative estimate of drug-likeness (QED) is 0.510. The fourth-order valence-corrected chi connectivity index (χ4v) is 4.46. The number of fused-ring (bicyclic) bond motifs is 5. The first-order valence-corrected chi connectivity index (χ1v) is 7.34. The van der Waals surface area contributed by atoms with Gasteiger partial charge in [0.1, 0.15) is 5.75 Å². The van der Waals surface area contributed by atoms with Crippen molar-refractivity contribution < 1.29 is 19.6 Å². The van der Waals surface area contributed by atoms with Gasteiger partial charge in [0.25, 0.3) is 5.69 Å². The van der Waals surface area contributed by atoms with Gasteiger partial charge < -0.3 is 5.11 Å². The summed E-state index contributed by atoms with van der Waals surface area (Å²) in [5.41, 5.74) is -0.227. The summed E-state index contributed by atoms with van der Waals surface area (Å²) in [5.74, 6) is -0.990. The van der Waals surface area contributed by atoms with E-state index < -0.39 is 10.7 Å². The molecule has 4 atom stereocenters. The fraction of sp³-hybridized carbons (Fsp3) is 0.467. The molecule has 7 nitrogen and oxygen atoms in total. The minimum absolute atomic E-state index is 0.0504. The molecule has 3 aliphatic rings. The molecule has 2 bridgehead atoms. The Hall–Kier alpha value is -2.44. The zero-order valence-corrected chi connectivity index (χ0v) is 11.6. The standard InChI is InChI=1S/C15H14N2O5/c18-11-6-9(17(21)22)3-4-10(11)16-14(19)12-7-1-2-8(5-7)13(12)15(16)20/h3-4,6-8,12-13,18H,1-2,5H2/t7-,8+,12-,13-/m0/s1. The smallest absolute Gasteiger partial charge is 0.273 e. The van der Waals surface area contributed by atoms with Crippen molar-refractivity contribution in [1.29, 1.82) is 0 Å². The van der Waals surface area contributed by atoms with E-state index >= 15 is 0 Å². The van der Waals surface area contributed by atoms with E-state index in [9.17, 15) is 24.8 Å². The van der Waals surface area contributed by atoms with E-state index in [4.69, 9.17) is 0 Å². The molecule has 0 radical (unpaired) electrons. The van der Waals surface area contributed by atoms with E-state index in [1.165, 1.54) is 12.1 Å². The Bertz CT molecular complexity index is 688. The van der Waals surface area contributed by atoms with E-state index in [0.717, 1.165) is 30.2 Å². The number of benzene rings is 1. The summed E-state index contributed by atoms with van der Waals surface area (Å²) >= 11 is 0. The summed E-state index contributed by atoms with van der Waals surface area (Å²) in [6.07, 6.45) is 2.89. The molecule has 2 aliphatic carbocycles. The van der Waals surface area contributed by atoms with Crippen molar-refractivity contribution in [3.8, 4) is 5.75 Å². The first kappa shape index (κ1) is 13.2. The Balaban J connectivity index is 1.73. The van der Waals surface area contributed by atoms with Gasteiger partial charge in [0.15, 0.2) is 0 Å². The van der Waals surface area contributed by atoms with Crippen LogP contribution in [0.5, 0.6) is 5.75 Å².